The molecule has 4 N–H and O–H groups in total. The van der Waals surface area contributed by atoms with Crippen molar-refractivity contribution >= 4 is 16.9 Å². The molecule has 1 aliphatic rings. The number of nitrogens with one attached hydrogen (secondary N) is 4. The van der Waals surface area contributed by atoms with Crippen LogP contribution in [0.4, 0.5) is 4.79 Å². The first-order chi connectivity index (χ1) is 12.3. The van der Waals surface area contributed by atoms with Gasteiger partial charge in [-0.15, -0.1) is 0 Å². The van der Waals surface area contributed by atoms with Crippen molar-refractivity contribution in [1.29, 1.82) is 0 Å². The van der Waals surface area contributed by atoms with Crippen LogP contribution in [0.25, 0.3) is 10.9 Å². The Morgan fingerprint density at radius 3 is 2.96 bits per heavy atom. The van der Waals surface area contributed by atoms with Crippen molar-refractivity contribution in [2.45, 2.75) is 25.6 Å². The van der Waals surface area contributed by atoms with Crippen LogP contribution in [0.3, 0.4) is 0 Å². The van der Waals surface area contributed by atoms with E-state index in [9.17, 15) is 4.79 Å². The highest BCUT2D eigenvalue weighted by molar-refractivity contribution is 5.79. The molecular weight excluding hydrogens is 314 g/mol. The number of rotatable bonds is 4. The van der Waals surface area contributed by atoms with E-state index in [4.69, 9.17) is 0 Å². The maximum absolute atomic E-state index is 12.0. The Balaban J connectivity index is 1.25. The normalized spacial score (nSPS) is 16.4. The molecule has 3 aromatic rings. The number of aromatic nitrogens is 2. The Hall–Kier alpha value is -2.86. The lowest BCUT2D eigenvalue weighted by atomic mass is 9.96. The standard InChI is InChI=1S/C19H21N5O/c25-19(21-9-13-5-6-16-11-23-24-18(16)7-13)22-12-17-8-14-3-1-2-4-15(14)10-20-17/h1-7,11,17,20H,8-10,12H2,(H,23,24)(H2,21,22,25). The molecule has 2 aromatic carbocycles. The van der Waals surface area contributed by atoms with Crippen molar-refractivity contribution in [3.05, 3.63) is 65.4 Å². The van der Waals surface area contributed by atoms with Gasteiger partial charge in [0.1, 0.15) is 0 Å². The van der Waals surface area contributed by atoms with Crippen molar-refractivity contribution in [1.82, 2.24) is 26.1 Å². The second-order valence-corrected chi connectivity index (χ2v) is 6.41. The zero-order valence-electron chi connectivity index (χ0n) is 13.9. The van der Waals surface area contributed by atoms with E-state index in [-0.39, 0.29) is 12.1 Å². The Kier molecular flexibility index (Phi) is 4.35. The lowest BCUT2D eigenvalue weighted by molar-refractivity contribution is 0.239. The molecule has 0 saturated heterocycles. The minimum atomic E-state index is -0.148. The van der Waals surface area contributed by atoms with Gasteiger partial charge >= 0.3 is 6.03 Å². The maximum Gasteiger partial charge on any atom is 0.315 e. The van der Waals surface area contributed by atoms with Gasteiger partial charge in [0.25, 0.3) is 0 Å². The van der Waals surface area contributed by atoms with Crippen molar-refractivity contribution in [3.8, 4) is 0 Å². The molecule has 0 radical (unpaired) electrons. The van der Waals surface area contributed by atoms with Crippen LogP contribution in [0.2, 0.25) is 0 Å². The first-order valence-electron chi connectivity index (χ1n) is 8.52. The van der Waals surface area contributed by atoms with Crippen LogP contribution < -0.4 is 16.0 Å². The summed E-state index contributed by atoms with van der Waals surface area (Å²) in [6.45, 7) is 1.95. The fourth-order valence-electron chi connectivity index (χ4n) is 3.22. The van der Waals surface area contributed by atoms with Crippen LogP contribution in [0.5, 0.6) is 0 Å². The number of benzene rings is 2. The van der Waals surface area contributed by atoms with Gasteiger partial charge in [-0.25, -0.2) is 4.79 Å². The van der Waals surface area contributed by atoms with Gasteiger partial charge in [0, 0.05) is 31.1 Å². The van der Waals surface area contributed by atoms with Gasteiger partial charge in [0.2, 0.25) is 0 Å². The molecule has 0 aliphatic carbocycles. The summed E-state index contributed by atoms with van der Waals surface area (Å²) in [4.78, 5) is 12.0. The summed E-state index contributed by atoms with van der Waals surface area (Å²) in [5.41, 5.74) is 4.72. The van der Waals surface area contributed by atoms with Crippen molar-refractivity contribution in [2.24, 2.45) is 0 Å². The Morgan fingerprint density at radius 1 is 1.16 bits per heavy atom. The average molecular weight is 335 g/mol. The summed E-state index contributed by atoms with van der Waals surface area (Å²) >= 11 is 0. The largest absolute Gasteiger partial charge is 0.337 e. The third kappa shape index (κ3) is 3.64. The molecule has 1 aliphatic heterocycles. The number of nitrogens with zero attached hydrogens (tertiary/aromatic N) is 1. The molecule has 6 nitrogen and oxygen atoms in total. The molecule has 25 heavy (non-hydrogen) atoms. The molecule has 0 bridgehead atoms. The fraction of sp³-hybridized carbons (Fsp3) is 0.263. The summed E-state index contributed by atoms with van der Waals surface area (Å²) in [5, 5.41) is 17.3. The van der Waals surface area contributed by atoms with E-state index in [1.807, 2.05) is 18.2 Å². The summed E-state index contributed by atoms with van der Waals surface area (Å²) in [6, 6.07) is 14.6. The van der Waals surface area contributed by atoms with Crippen LogP contribution in [0.1, 0.15) is 16.7 Å². The number of amides is 2. The second-order valence-electron chi connectivity index (χ2n) is 6.41. The van der Waals surface area contributed by atoms with E-state index in [0.717, 1.165) is 29.4 Å². The first-order valence-corrected chi connectivity index (χ1v) is 8.52. The molecule has 2 heterocycles. The molecule has 0 fully saturated rings. The highest BCUT2D eigenvalue weighted by Crippen LogP contribution is 2.16. The molecule has 128 valence electrons. The smallest absolute Gasteiger partial charge is 0.315 e. The van der Waals surface area contributed by atoms with Crippen LogP contribution in [-0.2, 0) is 19.5 Å². The van der Waals surface area contributed by atoms with Crippen molar-refractivity contribution in [2.75, 3.05) is 6.54 Å². The van der Waals surface area contributed by atoms with E-state index in [1.54, 1.807) is 6.20 Å². The summed E-state index contributed by atoms with van der Waals surface area (Å²) in [5.74, 6) is 0. The van der Waals surface area contributed by atoms with E-state index >= 15 is 0 Å². The molecule has 1 unspecified atom stereocenters. The number of hydrogen-bond acceptors (Lipinski definition) is 3. The summed E-state index contributed by atoms with van der Waals surface area (Å²) in [6.07, 6.45) is 2.72. The van der Waals surface area contributed by atoms with Gasteiger partial charge in [-0.1, -0.05) is 36.4 Å². The molecule has 1 aromatic heterocycles. The monoisotopic (exact) mass is 335 g/mol. The Morgan fingerprint density at radius 2 is 2.04 bits per heavy atom. The number of hydrogen-bond donors (Lipinski definition) is 4. The predicted molar refractivity (Wildman–Crippen MR) is 97.1 cm³/mol. The number of urea groups is 1. The van der Waals surface area contributed by atoms with Crippen molar-refractivity contribution in [3.63, 3.8) is 0 Å². The van der Waals surface area contributed by atoms with E-state index in [0.29, 0.717) is 13.1 Å². The first kappa shape index (κ1) is 15.7. The lowest BCUT2D eigenvalue weighted by Crippen LogP contribution is -2.46. The Labute approximate surface area is 146 Å². The fourth-order valence-corrected chi connectivity index (χ4v) is 3.22. The minimum absolute atomic E-state index is 0.148. The van der Waals surface area contributed by atoms with Gasteiger partial charge in [0.15, 0.2) is 0 Å². The zero-order valence-corrected chi connectivity index (χ0v) is 13.9. The quantitative estimate of drug-likeness (QED) is 0.589. The summed E-state index contributed by atoms with van der Waals surface area (Å²) in [7, 11) is 0. The SMILES string of the molecule is O=C(NCc1ccc2cn[nH]c2c1)NCC1Cc2ccccc2CN1. The minimum Gasteiger partial charge on any atom is -0.337 e. The second kappa shape index (κ2) is 6.94. The predicted octanol–water partition coefficient (Wildman–Crippen LogP) is 2.08. The van der Waals surface area contributed by atoms with Gasteiger partial charge in [-0.2, -0.15) is 5.10 Å². The highest BCUT2D eigenvalue weighted by Gasteiger charge is 2.17. The van der Waals surface area contributed by atoms with Crippen LogP contribution >= 0.6 is 0 Å². The zero-order chi connectivity index (χ0) is 17.1. The molecule has 4 rings (SSSR count). The third-order valence-electron chi connectivity index (χ3n) is 4.63. The number of H-pyrrole nitrogens is 1. The van der Waals surface area contributed by atoms with Gasteiger partial charge in [-0.05, 0) is 29.2 Å². The average Bonchev–Trinajstić information content (AvgIpc) is 3.12. The van der Waals surface area contributed by atoms with Gasteiger partial charge in [-0.3, -0.25) is 5.10 Å². The topological polar surface area (TPSA) is 81.8 Å². The third-order valence-corrected chi connectivity index (χ3v) is 4.63. The van der Waals surface area contributed by atoms with Crippen molar-refractivity contribution < 1.29 is 4.79 Å². The number of fused-ring (bicyclic) bond motifs is 2. The molecule has 0 saturated carbocycles. The van der Waals surface area contributed by atoms with E-state index in [2.05, 4.69) is 50.4 Å². The van der Waals surface area contributed by atoms with Gasteiger partial charge in [0.05, 0.1) is 11.7 Å². The van der Waals surface area contributed by atoms with Crippen LogP contribution in [-0.4, -0.2) is 28.8 Å². The molecule has 1 atom stereocenters. The number of carbonyl (C=O) groups is 1. The molecule has 6 heteroatoms. The highest BCUT2D eigenvalue weighted by atomic mass is 16.2. The summed E-state index contributed by atoms with van der Waals surface area (Å²) < 4.78 is 0. The van der Waals surface area contributed by atoms with E-state index in [1.165, 1.54) is 11.1 Å². The van der Waals surface area contributed by atoms with Crippen LogP contribution in [0, 0.1) is 0 Å². The lowest BCUT2D eigenvalue weighted by Gasteiger charge is -2.26. The van der Waals surface area contributed by atoms with E-state index < -0.39 is 0 Å². The van der Waals surface area contributed by atoms with Crippen LogP contribution in [0.15, 0.2) is 48.7 Å². The number of carbonyl (C=O) groups excluding carboxylic acids is 1. The maximum atomic E-state index is 12.0. The van der Waals surface area contributed by atoms with Gasteiger partial charge < -0.3 is 16.0 Å². The molecular formula is C19H21N5O. The molecule has 2 amide bonds. The molecule has 0 spiro atoms. The Bertz CT molecular complexity index is 888. The number of aromatic amines is 1.